The summed E-state index contributed by atoms with van der Waals surface area (Å²) in [4.78, 5) is 4.26. The fraction of sp³-hybridized carbons (Fsp3) is 0.214. The fourth-order valence-electron chi connectivity index (χ4n) is 1.89. The molecule has 0 unspecified atom stereocenters. The molecule has 0 saturated carbocycles. The molecule has 3 rings (SSSR count). The first kappa shape index (κ1) is 16.9. The first-order valence-electron chi connectivity index (χ1n) is 5.91. The highest BCUT2D eigenvalue weighted by atomic mass is 79.9. The fourth-order valence-corrected chi connectivity index (χ4v) is 1.89. The quantitative estimate of drug-likeness (QED) is 0.850. The number of ether oxygens (including phenoxy) is 2. The average molecular weight is 404 g/mol. The van der Waals surface area contributed by atoms with E-state index in [1.807, 2.05) is 36.4 Å². The van der Waals surface area contributed by atoms with Gasteiger partial charge in [-0.1, -0.05) is 12.1 Å². The zero-order chi connectivity index (χ0) is 12.2. The van der Waals surface area contributed by atoms with E-state index in [2.05, 4.69) is 10.3 Å². The lowest BCUT2D eigenvalue weighted by Crippen LogP contribution is -2.13. The van der Waals surface area contributed by atoms with Crippen LogP contribution in [0.5, 0.6) is 11.5 Å². The van der Waals surface area contributed by atoms with Crippen LogP contribution < -0.4 is 14.8 Å². The summed E-state index contributed by atoms with van der Waals surface area (Å²) < 4.78 is 10.6. The molecule has 0 atom stereocenters. The normalized spacial score (nSPS) is 11.4. The van der Waals surface area contributed by atoms with Gasteiger partial charge in [0.25, 0.3) is 0 Å². The number of benzene rings is 1. The Labute approximate surface area is 139 Å². The van der Waals surface area contributed by atoms with Crippen LogP contribution in [0, 0.1) is 0 Å². The predicted octanol–water partition coefficient (Wildman–Crippen LogP) is 3.26. The number of aromatic nitrogens is 1. The minimum atomic E-state index is 0. The molecular weight excluding hydrogens is 388 g/mol. The number of hydrogen-bond donors (Lipinski definition) is 1. The molecule has 0 amide bonds. The number of fused-ring (bicyclic) bond motifs is 1. The summed E-state index contributed by atoms with van der Waals surface area (Å²) in [6, 6.07) is 11.9. The van der Waals surface area contributed by atoms with Gasteiger partial charge in [-0.2, -0.15) is 0 Å². The second-order valence-corrected chi connectivity index (χ2v) is 4.11. The Kier molecular flexibility index (Phi) is 6.98. The van der Waals surface area contributed by atoms with Crippen molar-refractivity contribution in [1.29, 1.82) is 0 Å². The number of halogens is 2. The van der Waals surface area contributed by atoms with Crippen molar-refractivity contribution in [3.05, 3.63) is 53.9 Å². The maximum Gasteiger partial charge on any atom is 0.231 e. The van der Waals surface area contributed by atoms with Crippen molar-refractivity contribution in [3.8, 4) is 11.5 Å². The van der Waals surface area contributed by atoms with Crippen LogP contribution in [0.1, 0.15) is 11.3 Å². The maximum absolute atomic E-state index is 5.34. The van der Waals surface area contributed by atoms with E-state index in [9.17, 15) is 0 Å². The van der Waals surface area contributed by atoms with Gasteiger partial charge in [-0.05, 0) is 29.8 Å². The number of hydrogen-bond acceptors (Lipinski definition) is 4. The lowest BCUT2D eigenvalue weighted by atomic mass is 10.2. The molecule has 0 bridgehead atoms. The molecule has 108 valence electrons. The molecule has 1 aromatic heterocycles. The number of nitrogens with one attached hydrogen (secondary N) is 1. The summed E-state index contributed by atoms with van der Waals surface area (Å²) in [5, 5.41) is 3.35. The van der Waals surface area contributed by atoms with Gasteiger partial charge in [0.1, 0.15) is 0 Å². The minimum absolute atomic E-state index is 0. The highest BCUT2D eigenvalue weighted by Gasteiger charge is 2.12. The molecule has 6 heteroatoms. The van der Waals surface area contributed by atoms with Gasteiger partial charge in [-0.25, -0.2) is 0 Å². The lowest BCUT2D eigenvalue weighted by molar-refractivity contribution is 0.174. The van der Waals surface area contributed by atoms with E-state index < -0.39 is 0 Å². The van der Waals surface area contributed by atoms with E-state index in [0.717, 1.165) is 30.3 Å². The average Bonchev–Trinajstić information content (AvgIpc) is 2.87. The number of nitrogens with zero attached hydrogens (tertiary/aromatic N) is 1. The molecule has 2 aromatic rings. The molecule has 2 heterocycles. The van der Waals surface area contributed by atoms with Crippen molar-refractivity contribution in [3.63, 3.8) is 0 Å². The molecule has 4 nitrogen and oxygen atoms in total. The van der Waals surface area contributed by atoms with Gasteiger partial charge >= 0.3 is 0 Å². The van der Waals surface area contributed by atoms with Gasteiger partial charge in [0.15, 0.2) is 11.5 Å². The maximum atomic E-state index is 5.34. The first-order chi connectivity index (χ1) is 8.92. The highest BCUT2D eigenvalue weighted by molar-refractivity contribution is 8.93. The molecule has 1 aliphatic heterocycles. The summed E-state index contributed by atoms with van der Waals surface area (Å²) in [6.45, 7) is 1.86. The van der Waals surface area contributed by atoms with Gasteiger partial charge in [-0.3, -0.25) is 4.98 Å². The van der Waals surface area contributed by atoms with Crippen LogP contribution in [0.2, 0.25) is 0 Å². The SMILES string of the molecule is Br.Br.c1ccc(CNCc2ccc3c(c2)OCO3)nc1. The standard InChI is InChI=1S/C14H14N2O2.2BrH/c1-2-6-16-12(3-1)9-15-8-11-4-5-13-14(7-11)18-10-17-13;;/h1-7,15H,8-10H2;2*1H. The molecule has 0 radical (unpaired) electrons. The second kappa shape index (κ2) is 8.24. The van der Waals surface area contributed by atoms with Crippen molar-refractivity contribution in [2.45, 2.75) is 13.1 Å². The largest absolute Gasteiger partial charge is 0.454 e. The molecule has 0 spiro atoms. The van der Waals surface area contributed by atoms with Crippen molar-refractivity contribution < 1.29 is 9.47 Å². The van der Waals surface area contributed by atoms with E-state index in [1.165, 1.54) is 5.56 Å². The summed E-state index contributed by atoms with van der Waals surface area (Å²) in [6.07, 6.45) is 1.80. The summed E-state index contributed by atoms with van der Waals surface area (Å²) in [7, 11) is 0. The predicted molar refractivity (Wildman–Crippen MR) is 88.0 cm³/mol. The molecule has 0 aliphatic carbocycles. The van der Waals surface area contributed by atoms with Crippen LogP contribution in [0.4, 0.5) is 0 Å². The monoisotopic (exact) mass is 402 g/mol. The third-order valence-electron chi connectivity index (χ3n) is 2.80. The van der Waals surface area contributed by atoms with E-state index in [-0.39, 0.29) is 34.0 Å². The Hall–Kier alpha value is -1.11. The Balaban J connectivity index is 0.000001000. The Morgan fingerprint density at radius 2 is 1.85 bits per heavy atom. The third-order valence-corrected chi connectivity index (χ3v) is 2.80. The Bertz CT molecular complexity index is 538. The van der Waals surface area contributed by atoms with Crippen LogP contribution in [0.3, 0.4) is 0 Å². The van der Waals surface area contributed by atoms with Crippen LogP contribution in [-0.4, -0.2) is 11.8 Å². The zero-order valence-electron chi connectivity index (χ0n) is 10.7. The van der Waals surface area contributed by atoms with Crippen LogP contribution in [0.15, 0.2) is 42.6 Å². The van der Waals surface area contributed by atoms with E-state index >= 15 is 0 Å². The van der Waals surface area contributed by atoms with E-state index in [0.29, 0.717) is 6.79 Å². The van der Waals surface area contributed by atoms with Crippen LogP contribution in [-0.2, 0) is 13.1 Å². The van der Waals surface area contributed by atoms with E-state index in [1.54, 1.807) is 6.20 Å². The van der Waals surface area contributed by atoms with Gasteiger partial charge in [-0.15, -0.1) is 34.0 Å². The second-order valence-electron chi connectivity index (χ2n) is 4.11. The smallest absolute Gasteiger partial charge is 0.231 e. The molecule has 0 fully saturated rings. The summed E-state index contributed by atoms with van der Waals surface area (Å²) in [5.74, 6) is 1.65. The molecule has 0 saturated heterocycles. The summed E-state index contributed by atoms with van der Waals surface area (Å²) in [5.41, 5.74) is 2.22. The van der Waals surface area contributed by atoms with Crippen molar-refractivity contribution >= 4 is 34.0 Å². The minimum Gasteiger partial charge on any atom is -0.454 e. The van der Waals surface area contributed by atoms with Gasteiger partial charge < -0.3 is 14.8 Å². The molecule has 1 aliphatic rings. The summed E-state index contributed by atoms with van der Waals surface area (Å²) >= 11 is 0. The Morgan fingerprint density at radius 1 is 1.00 bits per heavy atom. The zero-order valence-corrected chi connectivity index (χ0v) is 14.2. The number of rotatable bonds is 4. The van der Waals surface area contributed by atoms with E-state index in [4.69, 9.17) is 9.47 Å². The first-order valence-corrected chi connectivity index (χ1v) is 5.91. The lowest BCUT2D eigenvalue weighted by Gasteiger charge is -2.05. The molecule has 1 N–H and O–H groups in total. The molecule has 1 aromatic carbocycles. The van der Waals surface area contributed by atoms with Crippen LogP contribution >= 0.6 is 34.0 Å². The van der Waals surface area contributed by atoms with Gasteiger partial charge in [0.05, 0.1) is 5.69 Å². The van der Waals surface area contributed by atoms with Crippen molar-refractivity contribution in [2.24, 2.45) is 0 Å². The van der Waals surface area contributed by atoms with Crippen molar-refractivity contribution in [2.75, 3.05) is 6.79 Å². The van der Waals surface area contributed by atoms with Gasteiger partial charge in [0, 0.05) is 19.3 Å². The highest BCUT2D eigenvalue weighted by Crippen LogP contribution is 2.32. The van der Waals surface area contributed by atoms with Gasteiger partial charge in [0.2, 0.25) is 6.79 Å². The van der Waals surface area contributed by atoms with Crippen molar-refractivity contribution in [1.82, 2.24) is 10.3 Å². The number of pyridine rings is 1. The molecule has 20 heavy (non-hydrogen) atoms. The van der Waals surface area contributed by atoms with Crippen LogP contribution in [0.25, 0.3) is 0 Å². The topological polar surface area (TPSA) is 43.4 Å². The Morgan fingerprint density at radius 3 is 2.65 bits per heavy atom. The third kappa shape index (κ3) is 4.19. The molecular formula is C14H16Br2N2O2.